The van der Waals surface area contributed by atoms with Crippen LogP contribution in [0.4, 0.5) is 24.8 Å². The van der Waals surface area contributed by atoms with Crippen molar-refractivity contribution in [1.29, 1.82) is 0 Å². The van der Waals surface area contributed by atoms with Gasteiger partial charge >= 0.3 is 12.1 Å². The molecule has 3 rings (SSSR count). The number of halogens is 3. The van der Waals surface area contributed by atoms with Gasteiger partial charge in [0.05, 0.1) is 6.26 Å². The van der Waals surface area contributed by atoms with Crippen LogP contribution in [0.25, 0.3) is 0 Å². The second-order valence-corrected chi connectivity index (χ2v) is 8.84. The lowest BCUT2D eigenvalue weighted by atomic mass is 10.1. The zero-order valence-corrected chi connectivity index (χ0v) is 18.0. The summed E-state index contributed by atoms with van der Waals surface area (Å²) in [6.07, 6.45) is 1.79. The van der Waals surface area contributed by atoms with Crippen LogP contribution in [0.2, 0.25) is 0 Å². The largest absolute Gasteiger partial charge is 0.490 e. The molecule has 0 radical (unpaired) electrons. The van der Waals surface area contributed by atoms with Gasteiger partial charge in [-0.15, -0.1) is 0 Å². The smallest absolute Gasteiger partial charge is 0.475 e. The van der Waals surface area contributed by atoms with Gasteiger partial charge in [0.1, 0.15) is 0 Å². The maximum absolute atomic E-state index is 11.3. The van der Waals surface area contributed by atoms with Gasteiger partial charge in [0.25, 0.3) is 0 Å². The van der Waals surface area contributed by atoms with Gasteiger partial charge in [-0.05, 0) is 36.6 Å². The number of anilines is 2. The second-order valence-electron chi connectivity index (χ2n) is 7.09. The lowest BCUT2D eigenvalue weighted by Crippen LogP contribution is -2.46. The van der Waals surface area contributed by atoms with Crippen molar-refractivity contribution in [3.63, 3.8) is 0 Å². The molecule has 1 aliphatic rings. The Kier molecular flexibility index (Phi) is 8.78. The number of aliphatic carboxylic acids is 1. The predicted molar refractivity (Wildman–Crippen MR) is 113 cm³/mol. The zero-order chi connectivity index (χ0) is 23.8. The molecule has 9 nitrogen and oxygen atoms in total. The van der Waals surface area contributed by atoms with E-state index in [1.54, 1.807) is 18.5 Å². The molecule has 2 heterocycles. The van der Waals surface area contributed by atoms with E-state index in [1.807, 2.05) is 24.3 Å². The van der Waals surface area contributed by atoms with Crippen LogP contribution in [0.15, 0.2) is 42.7 Å². The monoisotopic (exact) mass is 475 g/mol. The van der Waals surface area contributed by atoms with Crippen LogP contribution in [0.3, 0.4) is 0 Å². The number of carboxylic acid groups (broad SMARTS) is 1. The summed E-state index contributed by atoms with van der Waals surface area (Å²) in [7, 11) is -3.26. The van der Waals surface area contributed by atoms with E-state index in [-0.39, 0.29) is 0 Å². The Morgan fingerprint density at radius 1 is 1.25 bits per heavy atom. The lowest BCUT2D eigenvalue weighted by molar-refractivity contribution is -0.192. The average Bonchev–Trinajstić information content (AvgIpc) is 2.72. The van der Waals surface area contributed by atoms with E-state index in [0.29, 0.717) is 18.3 Å². The lowest BCUT2D eigenvalue weighted by Gasteiger charge is -2.33. The molecule has 1 aromatic heterocycles. The van der Waals surface area contributed by atoms with E-state index < -0.39 is 22.2 Å². The molecule has 1 aliphatic heterocycles. The first-order chi connectivity index (χ1) is 14.9. The van der Waals surface area contributed by atoms with E-state index in [9.17, 15) is 21.6 Å². The number of benzene rings is 1. The Balaban J connectivity index is 0.000000451. The minimum atomic E-state index is -5.08. The van der Waals surface area contributed by atoms with Crippen LogP contribution in [-0.4, -0.2) is 61.0 Å². The van der Waals surface area contributed by atoms with Gasteiger partial charge in [-0.1, -0.05) is 12.1 Å². The van der Waals surface area contributed by atoms with Crippen molar-refractivity contribution in [2.75, 3.05) is 29.0 Å². The maximum Gasteiger partial charge on any atom is 0.490 e. The fourth-order valence-corrected chi connectivity index (χ4v) is 3.56. The Morgan fingerprint density at radius 2 is 1.91 bits per heavy atom. The fraction of sp³-hybridized carbons (Fsp3) is 0.421. The highest BCUT2D eigenvalue weighted by atomic mass is 32.2. The van der Waals surface area contributed by atoms with Crippen molar-refractivity contribution >= 4 is 27.6 Å². The van der Waals surface area contributed by atoms with Gasteiger partial charge in [0.15, 0.2) is 0 Å². The normalized spacial score (nSPS) is 16.6. The van der Waals surface area contributed by atoms with Crippen molar-refractivity contribution in [2.45, 2.75) is 31.6 Å². The Hall–Kier alpha value is -2.93. The number of sulfonamides is 1. The molecule has 32 heavy (non-hydrogen) atoms. The number of nitrogens with zero attached hydrogens (tertiary/aromatic N) is 3. The molecule has 1 unspecified atom stereocenters. The van der Waals surface area contributed by atoms with Crippen molar-refractivity contribution < 1.29 is 31.5 Å². The molecule has 1 aromatic carbocycles. The molecular formula is C19H24F3N5O4S. The molecule has 0 aliphatic carbocycles. The maximum atomic E-state index is 11.3. The zero-order valence-electron chi connectivity index (χ0n) is 17.2. The standard InChI is InChI=1S/C17H23N5O2S.C2HF3O2/c1-25(23,24)21-15-6-2-5-14(11-15)12-20-16-7-3-10-22(13-16)17-18-8-4-9-19-17;3-2(4,5)1(6)7/h2,4-6,8-9,11,16,20-21H,3,7,10,12-13H2,1H3;(H,6,7). The molecule has 176 valence electrons. The fourth-order valence-electron chi connectivity index (χ4n) is 3.00. The van der Waals surface area contributed by atoms with Gasteiger partial charge < -0.3 is 15.3 Å². The molecule has 0 bridgehead atoms. The topological polar surface area (TPSA) is 125 Å². The number of nitrogens with one attached hydrogen (secondary N) is 2. The summed E-state index contributed by atoms with van der Waals surface area (Å²) in [6.45, 7) is 2.52. The summed E-state index contributed by atoms with van der Waals surface area (Å²) in [4.78, 5) is 19.7. The number of piperidine rings is 1. The molecule has 3 N–H and O–H groups in total. The minimum absolute atomic E-state index is 0.351. The van der Waals surface area contributed by atoms with Crippen molar-refractivity contribution in [3.05, 3.63) is 48.3 Å². The third-order valence-electron chi connectivity index (χ3n) is 4.32. The van der Waals surface area contributed by atoms with Gasteiger partial charge in [-0.3, -0.25) is 4.72 Å². The molecule has 2 aromatic rings. The average molecular weight is 475 g/mol. The molecular weight excluding hydrogens is 451 g/mol. The van der Waals surface area contributed by atoms with Crippen molar-refractivity contribution in [3.8, 4) is 0 Å². The van der Waals surface area contributed by atoms with Gasteiger partial charge in [-0.2, -0.15) is 13.2 Å². The summed E-state index contributed by atoms with van der Waals surface area (Å²) in [6, 6.07) is 9.62. The highest BCUT2D eigenvalue weighted by molar-refractivity contribution is 7.92. The van der Waals surface area contributed by atoms with E-state index in [0.717, 1.165) is 43.7 Å². The number of alkyl halides is 3. The van der Waals surface area contributed by atoms with E-state index in [2.05, 4.69) is 24.9 Å². The SMILES string of the molecule is CS(=O)(=O)Nc1cccc(CNC2CCCN(c3ncccn3)C2)c1.O=C(O)C(F)(F)F. The highest BCUT2D eigenvalue weighted by Gasteiger charge is 2.38. The third-order valence-corrected chi connectivity index (χ3v) is 4.93. The number of carboxylic acids is 1. The number of aromatic nitrogens is 2. The van der Waals surface area contributed by atoms with E-state index in [1.165, 1.54) is 0 Å². The first-order valence-corrected chi connectivity index (χ1v) is 11.5. The Morgan fingerprint density at radius 3 is 2.50 bits per heavy atom. The summed E-state index contributed by atoms with van der Waals surface area (Å²) in [5, 5.41) is 10.7. The van der Waals surface area contributed by atoms with Crippen LogP contribution >= 0.6 is 0 Å². The Bertz CT molecular complexity index is 990. The van der Waals surface area contributed by atoms with Gasteiger partial charge in [0.2, 0.25) is 16.0 Å². The number of rotatable bonds is 6. The third kappa shape index (κ3) is 9.06. The molecule has 13 heteroatoms. The summed E-state index contributed by atoms with van der Waals surface area (Å²) >= 11 is 0. The minimum Gasteiger partial charge on any atom is -0.475 e. The highest BCUT2D eigenvalue weighted by Crippen LogP contribution is 2.17. The molecule has 1 atom stereocenters. The first-order valence-electron chi connectivity index (χ1n) is 9.56. The molecule has 1 saturated heterocycles. The molecule has 0 spiro atoms. The summed E-state index contributed by atoms with van der Waals surface area (Å²) < 4.78 is 56.9. The number of hydrogen-bond donors (Lipinski definition) is 3. The molecule has 0 amide bonds. The summed E-state index contributed by atoms with van der Waals surface area (Å²) in [5.41, 5.74) is 1.63. The van der Waals surface area contributed by atoms with Crippen molar-refractivity contribution in [1.82, 2.24) is 15.3 Å². The van der Waals surface area contributed by atoms with Crippen LogP contribution < -0.4 is 14.9 Å². The Labute approximate surface area is 183 Å². The number of hydrogen-bond acceptors (Lipinski definition) is 7. The van der Waals surface area contributed by atoms with Gasteiger partial charge in [-0.25, -0.2) is 23.2 Å². The van der Waals surface area contributed by atoms with E-state index in [4.69, 9.17) is 9.90 Å². The van der Waals surface area contributed by atoms with Gasteiger partial charge in [0, 0.05) is 43.8 Å². The summed E-state index contributed by atoms with van der Waals surface area (Å²) in [5.74, 6) is -1.99. The molecule has 0 saturated carbocycles. The van der Waals surface area contributed by atoms with Crippen molar-refractivity contribution in [2.24, 2.45) is 0 Å². The molecule has 1 fully saturated rings. The quantitative estimate of drug-likeness (QED) is 0.581. The van der Waals surface area contributed by atoms with E-state index >= 15 is 0 Å². The predicted octanol–water partition coefficient (Wildman–Crippen LogP) is 2.24. The van der Waals surface area contributed by atoms with Crippen LogP contribution in [0.5, 0.6) is 0 Å². The van der Waals surface area contributed by atoms with Crippen LogP contribution in [0, 0.1) is 0 Å². The van der Waals surface area contributed by atoms with Crippen LogP contribution in [-0.2, 0) is 21.4 Å². The number of carbonyl (C=O) groups is 1. The van der Waals surface area contributed by atoms with Crippen LogP contribution in [0.1, 0.15) is 18.4 Å². The first kappa shape index (κ1) is 25.3. The second kappa shape index (κ2) is 11.1.